The van der Waals surface area contributed by atoms with E-state index in [1.165, 1.54) is 12.1 Å². The molecule has 1 atom stereocenters. The van der Waals surface area contributed by atoms with Gasteiger partial charge in [0.15, 0.2) is 0 Å². The summed E-state index contributed by atoms with van der Waals surface area (Å²) < 4.78 is 26.8. The van der Waals surface area contributed by atoms with Gasteiger partial charge in [0.1, 0.15) is 10.5 Å². The van der Waals surface area contributed by atoms with Gasteiger partial charge in [-0.3, -0.25) is 0 Å². The lowest BCUT2D eigenvalue weighted by Gasteiger charge is -2.24. The van der Waals surface area contributed by atoms with Crippen LogP contribution in [0, 0.1) is 0 Å². The van der Waals surface area contributed by atoms with Gasteiger partial charge in [-0.25, -0.2) is 13.1 Å². The third kappa shape index (κ3) is 3.83. The second-order valence-corrected chi connectivity index (χ2v) is 7.04. The zero-order valence-electron chi connectivity index (χ0n) is 11.5. The number of halogens is 1. The Kier molecular flexibility index (Phi) is 4.68. The van der Waals surface area contributed by atoms with Gasteiger partial charge in [-0.15, -0.1) is 0 Å². The van der Waals surface area contributed by atoms with Crippen LogP contribution in [0.4, 0.5) is 0 Å². The number of sulfonamides is 1. The summed E-state index contributed by atoms with van der Waals surface area (Å²) in [6, 6.07) is 15.0. The topological polar surface area (TPSA) is 66.4 Å². The zero-order valence-corrected chi connectivity index (χ0v) is 13.0. The molecule has 6 heteroatoms. The van der Waals surface area contributed by atoms with Gasteiger partial charge in [0.25, 0.3) is 0 Å². The van der Waals surface area contributed by atoms with E-state index in [-0.39, 0.29) is 16.5 Å². The van der Waals surface area contributed by atoms with Gasteiger partial charge in [-0.05, 0) is 24.6 Å². The molecule has 0 heterocycles. The highest BCUT2D eigenvalue weighted by molar-refractivity contribution is 7.89. The fraction of sp³-hybridized carbons (Fsp3) is 0.200. The summed E-state index contributed by atoms with van der Waals surface area (Å²) in [6.45, 7) is 1.40. The first-order chi connectivity index (χ1) is 9.83. The molecule has 0 bridgehead atoms. The SMILES string of the molecule is CC(O)(CNS(=O)(=O)c1ccccc1Cl)c1ccccc1. The van der Waals surface area contributed by atoms with E-state index in [1.807, 2.05) is 6.07 Å². The predicted octanol–water partition coefficient (Wildman–Crippen LogP) is 2.53. The molecule has 0 aliphatic carbocycles. The van der Waals surface area contributed by atoms with E-state index in [0.717, 1.165) is 0 Å². The summed E-state index contributed by atoms with van der Waals surface area (Å²) >= 11 is 5.89. The minimum absolute atomic E-state index is 0.00414. The molecule has 0 spiro atoms. The van der Waals surface area contributed by atoms with Gasteiger partial charge in [0.2, 0.25) is 10.0 Å². The van der Waals surface area contributed by atoms with E-state index in [9.17, 15) is 13.5 Å². The van der Waals surface area contributed by atoms with Gasteiger partial charge >= 0.3 is 0 Å². The second-order valence-electron chi connectivity index (χ2n) is 4.89. The van der Waals surface area contributed by atoms with Crippen LogP contribution >= 0.6 is 11.6 Å². The Morgan fingerprint density at radius 3 is 2.29 bits per heavy atom. The van der Waals surface area contributed by atoms with E-state index in [2.05, 4.69) is 4.72 Å². The maximum absolute atomic E-state index is 12.2. The molecule has 4 nitrogen and oxygen atoms in total. The highest BCUT2D eigenvalue weighted by atomic mass is 35.5. The van der Waals surface area contributed by atoms with E-state index in [4.69, 9.17) is 11.6 Å². The first-order valence-electron chi connectivity index (χ1n) is 6.35. The number of rotatable bonds is 5. The van der Waals surface area contributed by atoms with Gasteiger partial charge in [-0.1, -0.05) is 54.1 Å². The first-order valence-corrected chi connectivity index (χ1v) is 8.21. The Morgan fingerprint density at radius 2 is 1.67 bits per heavy atom. The van der Waals surface area contributed by atoms with Crippen LogP contribution in [0.1, 0.15) is 12.5 Å². The van der Waals surface area contributed by atoms with E-state index in [1.54, 1.807) is 43.3 Å². The molecule has 0 aliphatic rings. The van der Waals surface area contributed by atoms with Crippen molar-refractivity contribution in [3.05, 3.63) is 65.2 Å². The minimum Gasteiger partial charge on any atom is -0.384 e. The van der Waals surface area contributed by atoms with Crippen molar-refractivity contribution >= 4 is 21.6 Å². The summed E-state index contributed by atoms with van der Waals surface area (Å²) in [4.78, 5) is -0.00414. The molecule has 0 radical (unpaired) electrons. The standard InChI is InChI=1S/C15H16ClNO3S/c1-15(18,12-7-3-2-4-8-12)11-17-21(19,20)14-10-6-5-9-13(14)16/h2-10,17-18H,11H2,1H3. The number of hydrogen-bond donors (Lipinski definition) is 2. The molecule has 0 fully saturated rings. The number of hydrogen-bond acceptors (Lipinski definition) is 3. The predicted molar refractivity (Wildman–Crippen MR) is 82.7 cm³/mol. The molecule has 1 unspecified atom stereocenters. The van der Waals surface area contributed by atoms with Gasteiger partial charge in [0.05, 0.1) is 5.02 Å². The highest BCUT2D eigenvalue weighted by Crippen LogP contribution is 2.23. The normalized spacial score (nSPS) is 14.6. The summed E-state index contributed by atoms with van der Waals surface area (Å²) in [5, 5.41) is 10.5. The first kappa shape index (κ1) is 16.0. The molecular formula is C15H16ClNO3S. The van der Waals surface area contributed by atoms with Crippen LogP contribution in [0.15, 0.2) is 59.5 Å². The van der Waals surface area contributed by atoms with Crippen LogP contribution in [-0.2, 0) is 15.6 Å². The Hall–Kier alpha value is -1.40. The zero-order chi connectivity index (χ0) is 15.5. The van der Waals surface area contributed by atoms with Crippen molar-refractivity contribution in [1.29, 1.82) is 0 Å². The average molecular weight is 326 g/mol. The molecule has 2 rings (SSSR count). The largest absolute Gasteiger partial charge is 0.384 e. The van der Waals surface area contributed by atoms with Gasteiger partial charge in [0, 0.05) is 6.54 Å². The van der Waals surface area contributed by atoms with Crippen molar-refractivity contribution in [2.24, 2.45) is 0 Å². The third-order valence-electron chi connectivity index (χ3n) is 3.13. The van der Waals surface area contributed by atoms with Crippen LogP contribution in [0.25, 0.3) is 0 Å². The molecule has 112 valence electrons. The summed E-state index contributed by atoms with van der Waals surface area (Å²) in [5.41, 5.74) is -0.679. The monoisotopic (exact) mass is 325 g/mol. The van der Waals surface area contributed by atoms with Gasteiger partial charge in [-0.2, -0.15) is 0 Å². The van der Waals surface area contributed by atoms with Crippen molar-refractivity contribution < 1.29 is 13.5 Å². The number of aliphatic hydroxyl groups is 1. The minimum atomic E-state index is -3.77. The van der Waals surface area contributed by atoms with E-state index >= 15 is 0 Å². The maximum Gasteiger partial charge on any atom is 0.242 e. The number of nitrogens with one attached hydrogen (secondary N) is 1. The third-order valence-corrected chi connectivity index (χ3v) is 5.03. The quantitative estimate of drug-likeness (QED) is 0.887. The van der Waals surface area contributed by atoms with Crippen molar-refractivity contribution in [3.8, 4) is 0 Å². The van der Waals surface area contributed by atoms with E-state index < -0.39 is 15.6 Å². The summed E-state index contributed by atoms with van der Waals surface area (Å²) in [5.74, 6) is 0. The Balaban J connectivity index is 2.18. The van der Waals surface area contributed by atoms with Crippen molar-refractivity contribution in [2.75, 3.05) is 6.54 Å². The van der Waals surface area contributed by atoms with Gasteiger partial charge < -0.3 is 5.11 Å². The van der Waals surface area contributed by atoms with E-state index in [0.29, 0.717) is 5.56 Å². The van der Waals surface area contributed by atoms with Crippen molar-refractivity contribution in [2.45, 2.75) is 17.4 Å². The van der Waals surface area contributed by atoms with Crippen LogP contribution in [-0.4, -0.2) is 20.1 Å². The molecule has 0 aromatic heterocycles. The summed E-state index contributed by atoms with van der Waals surface area (Å²) in [6.07, 6.45) is 0. The molecule has 0 saturated heterocycles. The fourth-order valence-corrected chi connectivity index (χ4v) is 3.52. The molecule has 2 aromatic rings. The molecule has 2 aromatic carbocycles. The Bertz CT molecular complexity index is 715. The van der Waals surface area contributed by atoms with Crippen molar-refractivity contribution in [1.82, 2.24) is 4.72 Å². The fourth-order valence-electron chi connectivity index (χ4n) is 1.88. The Labute approximate surface area is 129 Å². The maximum atomic E-state index is 12.2. The average Bonchev–Trinajstić information content (AvgIpc) is 2.47. The lowest BCUT2D eigenvalue weighted by atomic mass is 9.97. The van der Waals surface area contributed by atoms with Crippen LogP contribution in [0.3, 0.4) is 0 Å². The molecular weight excluding hydrogens is 310 g/mol. The Morgan fingerprint density at radius 1 is 1.10 bits per heavy atom. The van der Waals surface area contributed by atoms with Crippen molar-refractivity contribution in [3.63, 3.8) is 0 Å². The van der Waals surface area contributed by atoms with Crippen LogP contribution < -0.4 is 4.72 Å². The van der Waals surface area contributed by atoms with Crippen LogP contribution in [0.2, 0.25) is 5.02 Å². The smallest absolute Gasteiger partial charge is 0.242 e. The molecule has 21 heavy (non-hydrogen) atoms. The second kappa shape index (κ2) is 6.15. The molecule has 0 saturated carbocycles. The molecule has 0 amide bonds. The lowest BCUT2D eigenvalue weighted by Crippen LogP contribution is -2.38. The number of benzene rings is 2. The summed E-state index contributed by atoms with van der Waals surface area (Å²) in [7, 11) is -3.77. The highest BCUT2D eigenvalue weighted by Gasteiger charge is 2.26. The molecule has 0 aliphatic heterocycles. The van der Waals surface area contributed by atoms with Crippen LogP contribution in [0.5, 0.6) is 0 Å². The molecule has 2 N–H and O–H groups in total. The lowest BCUT2D eigenvalue weighted by molar-refractivity contribution is 0.0627.